The minimum Gasteiger partial charge on any atom is -0.469 e. The molecule has 164 valence electrons. The number of nitrogens with zero attached hydrogens (tertiary/aromatic N) is 3. The molecule has 0 spiro atoms. The van der Waals surface area contributed by atoms with Crippen LogP contribution in [0.25, 0.3) is 10.9 Å². The number of hydrogen-bond acceptors (Lipinski definition) is 8. The first-order valence-electron chi connectivity index (χ1n) is 9.81. The second kappa shape index (κ2) is 8.66. The van der Waals surface area contributed by atoms with E-state index < -0.39 is 9.71 Å². The molecule has 1 aliphatic rings. The van der Waals surface area contributed by atoms with Gasteiger partial charge in [0.05, 0.1) is 5.52 Å². The first kappa shape index (κ1) is 21.3. The number of aromatic nitrogens is 3. The zero-order valence-electron chi connectivity index (χ0n) is 17.7. The lowest BCUT2D eigenvalue weighted by molar-refractivity contribution is 0.0329. The van der Waals surface area contributed by atoms with Crippen molar-refractivity contribution < 1.29 is 13.7 Å². The zero-order valence-corrected chi connectivity index (χ0v) is 18.5. The smallest absolute Gasteiger partial charge is 0.238 e. The van der Waals surface area contributed by atoms with Gasteiger partial charge in [0.1, 0.15) is 30.0 Å². The van der Waals surface area contributed by atoms with E-state index in [1.807, 2.05) is 31.2 Å². The van der Waals surface area contributed by atoms with Crippen molar-refractivity contribution in [1.82, 2.24) is 20.3 Å². The summed E-state index contributed by atoms with van der Waals surface area (Å²) in [7, 11) is -0.718. The molecule has 3 unspecified atom stereocenters. The van der Waals surface area contributed by atoms with E-state index in [-0.39, 0.29) is 12.2 Å². The molecular weight excluding hydrogens is 416 g/mol. The fourth-order valence-electron chi connectivity index (χ4n) is 3.63. The summed E-state index contributed by atoms with van der Waals surface area (Å²) < 4.78 is 26.6. The molecule has 3 heterocycles. The van der Waals surface area contributed by atoms with Gasteiger partial charge in [-0.3, -0.25) is 0 Å². The molecule has 3 aromatic rings. The standard InChI is InChI=1S/C21H26N6O3S/c1-13-8-14(27-31(3,4)28)9-16-19(13)20(25-12-24-16)26-15-6-5-7-23-21(15)30-18-11-22-10-17(18)29-2/h5-9,12,17-18,22H,3,10-11H2,1-2,4H3,(H,27,28)(H,24,25,26). The third-order valence-electron chi connectivity index (χ3n) is 4.96. The Morgan fingerprint density at radius 1 is 1.23 bits per heavy atom. The van der Waals surface area contributed by atoms with Crippen LogP contribution in [0.4, 0.5) is 17.2 Å². The summed E-state index contributed by atoms with van der Waals surface area (Å²) in [6.45, 7) is 3.38. The molecule has 3 N–H and O–H groups in total. The van der Waals surface area contributed by atoms with Crippen molar-refractivity contribution in [3.63, 3.8) is 0 Å². The number of benzene rings is 1. The molecule has 0 saturated carbocycles. The Morgan fingerprint density at radius 3 is 2.81 bits per heavy atom. The Labute approximate surface area is 181 Å². The van der Waals surface area contributed by atoms with Gasteiger partial charge in [-0.05, 0) is 42.6 Å². The van der Waals surface area contributed by atoms with E-state index in [4.69, 9.17) is 9.47 Å². The third-order valence-corrected chi connectivity index (χ3v) is 5.63. The number of methoxy groups -OCH3 is 1. The predicted octanol–water partition coefficient (Wildman–Crippen LogP) is 2.12. The quantitative estimate of drug-likeness (QED) is 0.477. The second-order valence-electron chi connectivity index (χ2n) is 7.59. The van der Waals surface area contributed by atoms with E-state index in [1.54, 1.807) is 19.6 Å². The highest BCUT2D eigenvalue weighted by Crippen LogP contribution is 2.32. The Bertz CT molecular complexity index is 1200. The molecule has 10 heteroatoms. The summed E-state index contributed by atoms with van der Waals surface area (Å²) in [6.07, 6.45) is 4.55. The van der Waals surface area contributed by atoms with Crippen molar-refractivity contribution >= 4 is 43.7 Å². The van der Waals surface area contributed by atoms with Gasteiger partial charge in [-0.15, -0.1) is 0 Å². The van der Waals surface area contributed by atoms with Crippen LogP contribution >= 0.6 is 0 Å². The first-order valence-corrected chi connectivity index (χ1v) is 11.9. The number of pyridine rings is 1. The molecule has 1 aliphatic heterocycles. The SMILES string of the molecule is C=S(C)(=O)Nc1cc(C)c2c(Nc3cccnc3OC3CNCC3OC)ncnc2c1. The Balaban J connectivity index is 1.66. The number of aryl methyl sites for hydroxylation is 1. The van der Waals surface area contributed by atoms with Crippen LogP contribution in [-0.2, 0) is 14.4 Å². The fourth-order valence-corrected chi connectivity index (χ4v) is 4.25. The van der Waals surface area contributed by atoms with Crippen LogP contribution in [-0.4, -0.2) is 63.7 Å². The lowest BCUT2D eigenvalue weighted by atomic mass is 10.1. The molecule has 0 bridgehead atoms. The lowest BCUT2D eigenvalue weighted by Gasteiger charge is -2.20. The molecule has 31 heavy (non-hydrogen) atoms. The average Bonchev–Trinajstić information content (AvgIpc) is 3.15. The van der Waals surface area contributed by atoms with Crippen LogP contribution in [0.2, 0.25) is 0 Å². The van der Waals surface area contributed by atoms with E-state index in [0.29, 0.717) is 29.6 Å². The Hall–Kier alpha value is -2.95. The van der Waals surface area contributed by atoms with Gasteiger partial charge in [0.2, 0.25) is 5.88 Å². The molecule has 0 amide bonds. The maximum Gasteiger partial charge on any atom is 0.238 e. The normalized spacial score (nSPS) is 20.4. The third kappa shape index (κ3) is 4.87. The maximum atomic E-state index is 12.0. The summed E-state index contributed by atoms with van der Waals surface area (Å²) in [4.78, 5) is 13.2. The summed E-state index contributed by atoms with van der Waals surface area (Å²) in [5, 5.41) is 7.46. The van der Waals surface area contributed by atoms with Crippen molar-refractivity contribution in [2.24, 2.45) is 0 Å². The van der Waals surface area contributed by atoms with Crippen molar-refractivity contribution in [2.75, 3.05) is 36.5 Å². The molecule has 1 saturated heterocycles. The van der Waals surface area contributed by atoms with Gasteiger partial charge in [0.15, 0.2) is 0 Å². The lowest BCUT2D eigenvalue weighted by Crippen LogP contribution is -2.32. The van der Waals surface area contributed by atoms with E-state index in [0.717, 1.165) is 23.0 Å². The summed E-state index contributed by atoms with van der Waals surface area (Å²) >= 11 is 0. The van der Waals surface area contributed by atoms with Gasteiger partial charge in [-0.2, -0.15) is 0 Å². The van der Waals surface area contributed by atoms with Gasteiger partial charge < -0.3 is 24.8 Å². The van der Waals surface area contributed by atoms with Crippen molar-refractivity contribution in [3.8, 4) is 5.88 Å². The van der Waals surface area contributed by atoms with Crippen LogP contribution in [0.15, 0.2) is 36.8 Å². The first-order chi connectivity index (χ1) is 14.8. The van der Waals surface area contributed by atoms with Crippen LogP contribution in [0.1, 0.15) is 5.56 Å². The van der Waals surface area contributed by atoms with Gasteiger partial charge >= 0.3 is 0 Å². The number of anilines is 3. The number of fused-ring (bicyclic) bond motifs is 1. The van der Waals surface area contributed by atoms with Crippen LogP contribution in [0.5, 0.6) is 5.88 Å². The summed E-state index contributed by atoms with van der Waals surface area (Å²) in [6, 6.07) is 7.46. The van der Waals surface area contributed by atoms with Gasteiger partial charge in [-0.25, -0.2) is 19.2 Å². The minimum atomic E-state index is -2.39. The molecule has 1 aromatic carbocycles. The zero-order chi connectivity index (χ0) is 22.0. The molecule has 1 fully saturated rings. The minimum absolute atomic E-state index is 0.0372. The monoisotopic (exact) mass is 442 g/mol. The topological polar surface area (TPSA) is 110 Å². The van der Waals surface area contributed by atoms with E-state index in [2.05, 4.69) is 36.2 Å². The van der Waals surface area contributed by atoms with E-state index in [1.165, 1.54) is 6.33 Å². The number of rotatable bonds is 7. The number of hydrogen-bond donors (Lipinski definition) is 3. The highest BCUT2D eigenvalue weighted by Gasteiger charge is 2.29. The molecular formula is C21H26N6O3S. The fraction of sp³-hybridized carbons (Fsp3) is 0.333. The summed E-state index contributed by atoms with van der Waals surface area (Å²) in [5.74, 6) is 4.76. The molecule has 0 radical (unpaired) electrons. The molecule has 2 aromatic heterocycles. The Kier molecular flexibility index (Phi) is 5.94. The van der Waals surface area contributed by atoms with E-state index in [9.17, 15) is 4.21 Å². The maximum absolute atomic E-state index is 12.0. The highest BCUT2D eigenvalue weighted by atomic mass is 32.2. The number of nitrogens with one attached hydrogen (secondary N) is 3. The molecule has 4 rings (SSSR count). The van der Waals surface area contributed by atoms with Crippen LogP contribution in [0.3, 0.4) is 0 Å². The van der Waals surface area contributed by atoms with E-state index >= 15 is 0 Å². The second-order valence-corrected chi connectivity index (χ2v) is 9.80. The van der Waals surface area contributed by atoms with Crippen molar-refractivity contribution in [2.45, 2.75) is 19.1 Å². The molecule has 3 atom stereocenters. The Morgan fingerprint density at radius 2 is 2.03 bits per heavy atom. The van der Waals surface area contributed by atoms with Gasteiger partial charge in [-0.1, -0.05) is 0 Å². The summed E-state index contributed by atoms with van der Waals surface area (Å²) in [5.41, 5.74) is 3.04. The van der Waals surface area contributed by atoms with Crippen LogP contribution in [0, 0.1) is 6.92 Å². The largest absolute Gasteiger partial charge is 0.469 e. The van der Waals surface area contributed by atoms with Crippen molar-refractivity contribution in [1.29, 1.82) is 0 Å². The predicted molar refractivity (Wildman–Crippen MR) is 125 cm³/mol. The highest BCUT2D eigenvalue weighted by molar-refractivity contribution is 8.00. The van der Waals surface area contributed by atoms with Crippen LogP contribution < -0.4 is 20.1 Å². The average molecular weight is 443 g/mol. The van der Waals surface area contributed by atoms with Gasteiger partial charge in [0, 0.05) is 53.4 Å². The number of ether oxygens (including phenoxy) is 2. The van der Waals surface area contributed by atoms with Crippen molar-refractivity contribution in [3.05, 3.63) is 42.4 Å². The molecule has 0 aliphatic carbocycles. The molecule has 9 nitrogen and oxygen atoms in total. The van der Waals surface area contributed by atoms with Gasteiger partial charge in [0.25, 0.3) is 0 Å².